The highest BCUT2D eigenvalue weighted by molar-refractivity contribution is 7.91. The number of halogens is 1. The fraction of sp³-hybridized carbons (Fsp3) is 0.190. The molecule has 0 radical (unpaired) electrons. The first kappa shape index (κ1) is 21.0. The Kier molecular flexibility index (Phi) is 5.24. The predicted molar refractivity (Wildman–Crippen MR) is 115 cm³/mol. The third-order valence-corrected chi connectivity index (χ3v) is 8.88. The van der Waals surface area contributed by atoms with Crippen LogP contribution in [0.1, 0.15) is 12.0 Å². The number of carbonyl (C=O) groups is 1. The molecular weight excluding hydrogens is 446 g/mol. The number of benzene rings is 2. The molecule has 30 heavy (non-hydrogen) atoms. The number of aliphatic carboxylic acids is 1. The number of rotatable bonds is 7. The minimum absolute atomic E-state index is 0.000114. The van der Waals surface area contributed by atoms with Crippen LogP contribution < -0.4 is 4.72 Å². The average Bonchev–Trinajstić information content (AvgIpc) is 3.12. The van der Waals surface area contributed by atoms with Gasteiger partial charge in [-0.1, -0.05) is 54.1 Å². The average molecular weight is 464 g/mol. The predicted octanol–water partition coefficient (Wildman–Crippen LogP) is 3.50. The highest BCUT2D eigenvalue weighted by atomic mass is 35.5. The van der Waals surface area contributed by atoms with Gasteiger partial charge in [0, 0.05) is 9.90 Å². The Morgan fingerprint density at radius 3 is 2.33 bits per heavy atom. The maximum absolute atomic E-state index is 13.1. The van der Waals surface area contributed by atoms with Crippen molar-refractivity contribution in [3.63, 3.8) is 0 Å². The summed E-state index contributed by atoms with van der Waals surface area (Å²) >= 11 is 6.93. The van der Waals surface area contributed by atoms with Gasteiger partial charge in [-0.05, 0) is 41.8 Å². The van der Waals surface area contributed by atoms with E-state index >= 15 is 0 Å². The van der Waals surface area contributed by atoms with Crippen LogP contribution in [0.2, 0.25) is 5.02 Å². The first-order valence-corrected chi connectivity index (χ1v) is 11.7. The van der Waals surface area contributed by atoms with Crippen molar-refractivity contribution in [1.29, 1.82) is 0 Å². The van der Waals surface area contributed by atoms with Crippen molar-refractivity contribution in [1.82, 2.24) is 4.72 Å². The fourth-order valence-corrected chi connectivity index (χ4v) is 6.63. The Labute approximate surface area is 182 Å². The van der Waals surface area contributed by atoms with Crippen molar-refractivity contribution in [3.8, 4) is 10.4 Å². The molecule has 1 aromatic heterocycles. The zero-order chi connectivity index (χ0) is 21.6. The molecule has 2 atom stereocenters. The molecule has 0 saturated heterocycles. The number of thiophene rings is 1. The molecule has 2 aromatic carbocycles. The van der Waals surface area contributed by atoms with E-state index in [9.17, 15) is 23.4 Å². The molecule has 0 bridgehead atoms. The van der Waals surface area contributed by atoms with Crippen LogP contribution in [0.4, 0.5) is 0 Å². The highest BCUT2D eigenvalue weighted by Crippen LogP contribution is 2.58. The number of aliphatic hydroxyl groups excluding tert-OH is 1. The summed E-state index contributed by atoms with van der Waals surface area (Å²) in [6, 6.07) is 18.7. The van der Waals surface area contributed by atoms with E-state index in [0.29, 0.717) is 15.5 Å². The van der Waals surface area contributed by atoms with E-state index in [4.69, 9.17) is 11.6 Å². The highest BCUT2D eigenvalue weighted by Gasteiger charge is 2.74. The van der Waals surface area contributed by atoms with Crippen molar-refractivity contribution in [3.05, 3.63) is 77.3 Å². The number of sulfonamides is 1. The maximum atomic E-state index is 13.1. The summed E-state index contributed by atoms with van der Waals surface area (Å²) < 4.78 is 28.5. The van der Waals surface area contributed by atoms with Gasteiger partial charge in [-0.25, -0.2) is 8.42 Å². The number of carboxylic acid groups (broad SMARTS) is 1. The van der Waals surface area contributed by atoms with E-state index in [-0.39, 0.29) is 10.6 Å². The number of hydrogen-bond acceptors (Lipinski definition) is 5. The third kappa shape index (κ3) is 3.34. The van der Waals surface area contributed by atoms with Gasteiger partial charge in [0.2, 0.25) is 0 Å². The molecule has 0 spiro atoms. The smallest absolute Gasteiger partial charge is 0.325 e. The zero-order valence-corrected chi connectivity index (χ0v) is 18.0. The Bertz CT molecular complexity index is 1190. The molecule has 2 unspecified atom stereocenters. The molecule has 1 saturated carbocycles. The van der Waals surface area contributed by atoms with Crippen molar-refractivity contribution >= 4 is 38.9 Å². The minimum atomic E-state index is -4.13. The lowest BCUT2D eigenvalue weighted by molar-refractivity contribution is -0.141. The molecule has 9 heteroatoms. The molecule has 1 aliphatic carbocycles. The second-order valence-corrected chi connectivity index (χ2v) is 10.7. The molecule has 0 aliphatic heterocycles. The SMILES string of the molecule is O=C(O)C1(NS(=O)(=O)c2ccc(-c3ccc(Cl)cc3)s2)CC1(CO)c1ccccc1. The molecule has 1 aliphatic rings. The van der Waals surface area contributed by atoms with Crippen LogP contribution in [0.15, 0.2) is 70.9 Å². The first-order chi connectivity index (χ1) is 14.2. The monoisotopic (exact) mass is 463 g/mol. The maximum Gasteiger partial charge on any atom is 0.325 e. The van der Waals surface area contributed by atoms with Crippen LogP contribution >= 0.6 is 22.9 Å². The van der Waals surface area contributed by atoms with E-state index < -0.39 is 33.6 Å². The van der Waals surface area contributed by atoms with Gasteiger partial charge in [-0.3, -0.25) is 4.79 Å². The summed E-state index contributed by atoms with van der Waals surface area (Å²) in [6.45, 7) is -0.494. The number of hydrogen-bond donors (Lipinski definition) is 3. The van der Waals surface area contributed by atoms with Gasteiger partial charge in [0.25, 0.3) is 10.0 Å². The Hall–Kier alpha value is -2.23. The van der Waals surface area contributed by atoms with Crippen molar-refractivity contribution in [2.45, 2.75) is 21.6 Å². The summed E-state index contributed by atoms with van der Waals surface area (Å²) in [7, 11) is -4.13. The summed E-state index contributed by atoms with van der Waals surface area (Å²) in [6.07, 6.45) is -0.0372. The lowest BCUT2D eigenvalue weighted by atomic mass is 9.91. The van der Waals surface area contributed by atoms with Crippen LogP contribution in [0, 0.1) is 0 Å². The third-order valence-electron chi connectivity index (χ3n) is 5.50. The number of aliphatic hydroxyl groups is 1. The molecule has 6 nitrogen and oxygen atoms in total. The van der Waals surface area contributed by atoms with Crippen LogP contribution in [0.5, 0.6) is 0 Å². The van der Waals surface area contributed by atoms with Gasteiger partial charge in [0.15, 0.2) is 0 Å². The van der Waals surface area contributed by atoms with Crippen LogP contribution in [-0.4, -0.2) is 36.7 Å². The number of carboxylic acids is 1. The quantitative estimate of drug-likeness (QED) is 0.497. The molecular formula is C21H18ClNO5S2. The standard InChI is InChI=1S/C21H18ClNO5S2/c22-16-8-6-14(7-9-16)17-10-11-18(29-17)30(27,28)23-21(19(25)26)12-20(21,13-24)15-4-2-1-3-5-15/h1-11,23-24H,12-13H2,(H,25,26). The van der Waals surface area contributed by atoms with E-state index in [1.165, 1.54) is 6.07 Å². The van der Waals surface area contributed by atoms with Gasteiger partial charge >= 0.3 is 5.97 Å². The van der Waals surface area contributed by atoms with Gasteiger partial charge in [0.1, 0.15) is 9.75 Å². The molecule has 4 rings (SSSR count). The second kappa shape index (κ2) is 7.47. The molecule has 1 fully saturated rings. The van der Waals surface area contributed by atoms with E-state index in [0.717, 1.165) is 16.9 Å². The van der Waals surface area contributed by atoms with Crippen LogP contribution in [0.3, 0.4) is 0 Å². The Morgan fingerprint density at radius 2 is 1.73 bits per heavy atom. The van der Waals surface area contributed by atoms with E-state index in [1.54, 1.807) is 60.7 Å². The van der Waals surface area contributed by atoms with Crippen LogP contribution in [0.25, 0.3) is 10.4 Å². The van der Waals surface area contributed by atoms with E-state index in [1.807, 2.05) is 0 Å². The molecule has 3 N–H and O–H groups in total. The van der Waals surface area contributed by atoms with Gasteiger partial charge in [-0.15, -0.1) is 11.3 Å². The molecule has 1 heterocycles. The summed E-state index contributed by atoms with van der Waals surface area (Å²) in [5.74, 6) is -1.32. The molecule has 0 amide bonds. The van der Waals surface area contributed by atoms with Crippen molar-refractivity contribution < 1.29 is 23.4 Å². The molecule has 3 aromatic rings. The first-order valence-electron chi connectivity index (χ1n) is 9.04. The van der Waals surface area contributed by atoms with Gasteiger partial charge in [0.05, 0.1) is 12.0 Å². The Morgan fingerprint density at radius 1 is 1.07 bits per heavy atom. The van der Waals surface area contributed by atoms with Crippen LogP contribution in [-0.2, 0) is 20.2 Å². The largest absolute Gasteiger partial charge is 0.480 e. The number of nitrogens with one attached hydrogen (secondary N) is 1. The second-order valence-electron chi connectivity index (χ2n) is 7.22. The summed E-state index contributed by atoms with van der Waals surface area (Å²) in [4.78, 5) is 12.9. The lowest BCUT2D eigenvalue weighted by Gasteiger charge is -2.22. The normalized spacial score (nSPS) is 23.3. The summed E-state index contributed by atoms with van der Waals surface area (Å²) in [5, 5.41) is 20.5. The zero-order valence-electron chi connectivity index (χ0n) is 15.6. The van der Waals surface area contributed by atoms with Gasteiger partial charge < -0.3 is 10.2 Å². The summed E-state index contributed by atoms with van der Waals surface area (Å²) in [5.41, 5.74) is -1.65. The minimum Gasteiger partial charge on any atom is -0.480 e. The topological polar surface area (TPSA) is 104 Å². The van der Waals surface area contributed by atoms with Crippen molar-refractivity contribution in [2.75, 3.05) is 6.61 Å². The Balaban J connectivity index is 1.67. The van der Waals surface area contributed by atoms with Crippen molar-refractivity contribution in [2.24, 2.45) is 0 Å². The fourth-order valence-electron chi connectivity index (χ4n) is 3.77. The lowest BCUT2D eigenvalue weighted by Crippen LogP contribution is -2.49. The van der Waals surface area contributed by atoms with E-state index in [2.05, 4.69) is 4.72 Å². The van der Waals surface area contributed by atoms with Gasteiger partial charge in [-0.2, -0.15) is 4.72 Å². The molecule has 156 valence electrons.